The van der Waals surface area contributed by atoms with Crippen molar-refractivity contribution in [3.63, 3.8) is 0 Å². The Kier molecular flexibility index (Phi) is 7.17. The van der Waals surface area contributed by atoms with E-state index < -0.39 is 0 Å². The van der Waals surface area contributed by atoms with E-state index in [1.807, 2.05) is 37.4 Å². The molecule has 0 spiro atoms. The summed E-state index contributed by atoms with van der Waals surface area (Å²) >= 11 is 6.40. The van der Waals surface area contributed by atoms with Gasteiger partial charge in [0.05, 0.1) is 28.9 Å². The van der Waals surface area contributed by atoms with Crippen LogP contribution in [0.3, 0.4) is 0 Å². The quantitative estimate of drug-likeness (QED) is 0.546. The molecule has 1 aromatic carbocycles. The highest BCUT2D eigenvalue weighted by molar-refractivity contribution is 6.31. The molecule has 1 atom stereocenters. The van der Waals surface area contributed by atoms with Gasteiger partial charge in [-0.15, -0.1) is 0 Å². The van der Waals surface area contributed by atoms with Gasteiger partial charge in [0.2, 0.25) is 5.91 Å². The van der Waals surface area contributed by atoms with Gasteiger partial charge in [0.25, 0.3) is 0 Å². The highest BCUT2D eigenvalue weighted by Gasteiger charge is 2.17. The summed E-state index contributed by atoms with van der Waals surface area (Å²) in [5, 5.41) is 8.50. The first-order chi connectivity index (χ1) is 15.5. The Bertz CT molecular complexity index is 1080. The summed E-state index contributed by atoms with van der Waals surface area (Å²) in [7, 11) is 0. The van der Waals surface area contributed by atoms with E-state index in [-0.39, 0.29) is 11.8 Å². The van der Waals surface area contributed by atoms with Gasteiger partial charge >= 0.3 is 0 Å². The number of nitrogens with two attached hydrogens (primary N) is 1. The second-order valence-electron chi connectivity index (χ2n) is 8.39. The number of hydrogen-bond acceptors (Lipinski definition) is 5. The molecule has 2 aromatic heterocycles. The number of aryl methyl sites for hydroxylation is 2. The first-order valence-electron chi connectivity index (χ1n) is 11.1. The van der Waals surface area contributed by atoms with Crippen LogP contribution in [-0.2, 0) is 24.1 Å². The van der Waals surface area contributed by atoms with E-state index >= 15 is 0 Å². The largest absolute Gasteiger partial charge is 0.369 e. The molecular formula is C24H29ClN6O. The molecule has 1 aliphatic heterocycles. The van der Waals surface area contributed by atoms with Gasteiger partial charge in [-0.1, -0.05) is 35.9 Å². The fraction of sp³-hybridized carbons (Fsp3) is 0.417. The van der Waals surface area contributed by atoms with Gasteiger partial charge in [0.15, 0.2) is 0 Å². The summed E-state index contributed by atoms with van der Waals surface area (Å²) in [6.07, 6.45) is 9.87. The molecule has 0 saturated carbocycles. The molecule has 4 rings (SSSR count). The van der Waals surface area contributed by atoms with Crippen LogP contribution in [0.25, 0.3) is 0 Å². The van der Waals surface area contributed by atoms with Gasteiger partial charge in [-0.05, 0) is 62.4 Å². The SMILES string of the molecule is CC(C(N)=O)c1ccccc1CCc1nc(Cc2cnn(C3CCNCC3)c2)ncc1Cl. The van der Waals surface area contributed by atoms with E-state index in [9.17, 15) is 4.79 Å². The van der Waals surface area contributed by atoms with Crippen LogP contribution in [-0.4, -0.2) is 38.7 Å². The zero-order chi connectivity index (χ0) is 22.5. The maximum absolute atomic E-state index is 11.7. The van der Waals surface area contributed by atoms with Gasteiger partial charge in [-0.3, -0.25) is 9.48 Å². The standard InChI is InChI=1S/C24H29ClN6O/c1-16(24(26)32)20-5-3-2-4-18(20)6-7-22-21(25)14-28-23(30-22)12-17-13-29-31(15-17)19-8-10-27-11-9-19/h2-5,13-16,19,27H,6-12H2,1H3,(H2,26,32). The third kappa shape index (κ3) is 5.34. The van der Waals surface area contributed by atoms with Crippen molar-refractivity contribution in [2.75, 3.05) is 13.1 Å². The molecule has 0 radical (unpaired) electrons. The lowest BCUT2D eigenvalue weighted by atomic mass is 9.92. The minimum atomic E-state index is -0.334. The summed E-state index contributed by atoms with van der Waals surface area (Å²) in [4.78, 5) is 20.8. The Labute approximate surface area is 193 Å². The molecule has 8 heteroatoms. The van der Waals surface area contributed by atoms with Crippen molar-refractivity contribution in [1.29, 1.82) is 0 Å². The molecule has 1 unspecified atom stereocenters. The summed E-state index contributed by atoms with van der Waals surface area (Å²) in [5.74, 6) is 0.0667. The molecule has 7 nitrogen and oxygen atoms in total. The molecule has 1 fully saturated rings. The van der Waals surface area contributed by atoms with Crippen LogP contribution in [0, 0.1) is 0 Å². The molecule has 32 heavy (non-hydrogen) atoms. The lowest BCUT2D eigenvalue weighted by Crippen LogP contribution is -2.29. The molecule has 0 bridgehead atoms. The normalized spacial score (nSPS) is 15.6. The number of primary amides is 1. The smallest absolute Gasteiger partial charge is 0.224 e. The van der Waals surface area contributed by atoms with Crippen LogP contribution in [0.2, 0.25) is 5.02 Å². The number of nitrogens with zero attached hydrogens (tertiary/aromatic N) is 4. The average Bonchev–Trinajstić information content (AvgIpc) is 3.28. The third-order valence-electron chi connectivity index (χ3n) is 6.15. The van der Waals surface area contributed by atoms with Crippen LogP contribution < -0.4 is 11.1 Å². The molecule has 3 N–H and O–H groups in total. The summed E-state index contributed by atoms with van der Waals surface area (Å²) in [6, 6.07) is 8.34. The predicted molar refractivity (Wildman–Crippen MR) is 125 cm³/mol. The number of benzene rings is 1. The molecular weight excluding hydrogens is 424 g/mol. The Balaban J connectivity index is 1.45. The number of amides is 1. The van der Waals surface area contributed by atoms with E-state index in [4.69, 9.17) is 22.3 Å². The summed E-state index contributed by atoms with van der Waals surface area (Å²) < 4.78 is 2.07. The van der Waals surface area contributed by atoms with Gasteiger partial charge < -0.3 is 11.1 Å². The van der Waals surface area contributed by atoms with Crippen molar-refractivity contribution in [2.24, 2.45) is 5.73 Å². The molecule has 168 valence electrons. The van der Waals surface area contributed by atoms with Crippen molar-refractivity contribution in [2.45, 2.75) is 51.0 Å². The minimum Gasteiger partial charge on any atom is -0.369 e. The van der Waals surface area contributed by atoms with Crippen molar-refractivity contribution in [1.82, 2.24) is 25.1 Å². The number of aromatic nitrogens is 4. The van der Waals surface area contributed by atoms with Crippen LogP contribution >= 0.6 is 11.6 Å². The van der Waals surface area contributed by atoms with Gasteiger partial charge in [-0.25, -0.2) is 9.97 Å². The lowest BCUT2D eigenvalue weighted by molar-refractivity contribution is -0.119. The second-order valence-corrected chi connectivity index (χ2v) is 8.80. The lowest BCUT2D eigenvalue weighted by Gasteiger charge is -2.22. The van der Waals surface area contributed by atoms with Gasteiger partial charge in [0.1, 0.15) is 5.82 Å². The van der Waals surface area contributed by atoms with Crippen molar-refractivity contribution >= 4 is 17.5 Å². The van der Waals surface area contributed by atoms with E-state index in [0.29, 0.717) is 23.9 Å². The van der Waals surface area contributed by atoms with Crippen LogP contribution in [0.5, 0.6) is 0 Å². The monoisotopic (exact) mass is 452 g/mol. The summed E-state index contributed by atoms with van der Waals surface area (Å²) in [6.45, 7) is 3.90. The Morgan fingerprint density at radius 1 is 1.25 bits per heavy atom. The van der Waals surface area contributed by atoms with Crippen molar-refractivity contribution in [3.05, 3.63) is 76.1 Å². The fourth-order valence-electron chi connectivity index (χ4n) is 4.22. The minimum absolute atomic E-state index is 0.329. The van der Waals surface area contributed by atoms with Crippen molar-refractivity contribution < 1.29 is 4.79 Å². The number of hydrogen-bond donors (Lipinski definition) is 2. The molecule has 3 heterocycles. The zero-order valence-corrected chi connectivity index (χ0v) is 19.1. The second kappa shape index (κ2) is 10.2. The maximum Gasteiger partial charge on any atom is 0.224 e. The zero-order valence-electron chi connectivity index (χ0n) is 18.3. The Morgan fingerprint density at radius 2 is 2.03 bits per heavy atom. The number of rotatable bonds is 8. The number of piperidine rings is 1. The molecule has 3 aromatic rings. The summed E-state index contributed by atoms with van der Waals surface area (Å²) in [5.41, 5.74) is 9.46. The van der Waals surface area contributed by atoms with E-state index in [1.165, 1.54) is 0 Å². The number of halogens is 1. The number of nitrogens with one attached hydrogen (secondary N) is 1. The van der Waals surface area contributed by atoms with E-state index in [2.05, 4.69) is 26.3 Å². The van der Waals surface area contributed by atoms with Crippen molar-refractivity contribution in [3.8, 4) is 0 Å². The van der Waals surface area contributed by atoms with E-state index in [1.54, 1.807) is 6.20 Å². The predicted octanol–water partition coefficient (Wildman–Crippen LogP) is 3.22. The first kappa shape index (κ1) is 22.4. The first-order valence-corrected chi connectivity index (χ1v) is 11.5. The van der Waals surface area contributed by atoms with Gasteiger partial charge in [0, 0.05) is 18.8 Å². The topological polar surface area (TPSA) is 98.7 Å². The molecule has 0 aliphatic carbocycles. The van der Waals surface area contributed by atoms with Crippen LogP contribution in [0.1, 0.15) is 59.9 Å². The molecule has 1 aliphatic rings. The average molecular weight is 453 g/mol. The highest BCUT2D eigenvalue weighted by atomic mass is 35.5. The Hall–Kier alpha value is -2.77. The highest BCUT2D eigenvalue weighted by Crippen LogP contribution is 2.23. The number of carbonyl (C=O) groups excluding carboxylic acids is 1. The third-order valence-corrected chi connectivity index (χ3v) is 6.46. The van der Waals surface area contributed by atoms with Crippen LogP contribution in [0.15, 0.2) is 42.9 Å². The maximum atomic E-state index is 11.7. The Morgan fingerprint density at radius 3 is 2.81 bits per heavy atom. The molecule has 1 saturated heterocycles. The number of carbonyl (C=O) groups is 1. The van der Waals surface area contributed by atoms with Gasteiger partial charge in [-0.2, -0.15) is 5.10 Å². The fourth-order valence-corrected chi connectivity index (χ4v) is 4.40. The molecule has 1 amide bonds. The van der Waals surface area contributed by atoms with E-state index in [0.717, 1.165) is 60.6 Å². The van der Waals surface area contributed by atoms with Crippen LogP contribution in [0.4, 0.5) is 0 Å².